The average Bonchev–Trinajstić information content (AvgIpc) is 3.42. The van der Waals surface area contributed by atoms with Gasteiger partial charge >= 0.3 is 0 Å². The molecule has 0 radical (unpaired) electrons. The third kappa shape index (κ3) is 6.27. The van der Waals surface area contributed by atoms with Gasteiger partial charge in [0.15, 0.2) is 11.5 Å². The molecule has 2 aromatic rings. The number of methoxy groups -OCH3 is 1. The van der Waals surface area contributed by atoms with Crippen LogP contribution in [0.5, 0.6) is 11.5 Å². The molecule has 1 aliphatic rings. The molecule has 8 heteroatoms. The molecule has 0 spiro atoms. The molecule has 1 atom stereocenters. The van der Waals surface area contributed by atoms with Crippen LogP contribution in [0.25, 0.3) is 6.08 Å². The van der Waals surface area contributed by atoms with E-state index >= 15 is 0 Å². The van der Waals surface area contributed by atoms with Crippen molar-refractivity contribution in [2.45, 2.75) is 45.1 Å². The first kappa shape index (κ1) is 21.3. The molecule has 1 fully saturated rings. The molecule has 3 rings (SSSR count). The molecular weight excluding hydrogens is 390 g/mol. The van der Waals surface area contributed by atoms with Gasteiger partial charge in [-0.3, -0.25) is 10.1 Å². The van der Waals surface area contributed by atoms with Crippen molar-refractivity contribution in [2.75, 3.05) is 25.6 Å². The van der Waals surface area contributed by atoms with Gasteiger partial charge in [0.2, 0.25) is 11.0 Å². The van der Waals surface area contributed by atoms with Crippen molar-refractivity contribution in [3.8, 4) is 11.5 Å². The van der Waals surface area contributed by atoms with Crippen LogP contribution in [-0.2, 0) is 9.53 Å². The van der Waals surface area contributed by atoms with Crippen LogP contribution in [0.1, 0.15) is 55.7 Å². The molecule has 1 unspecified atom stereocenters. The number of nitrogens with zero attached hydrogens (tertiary/aromatic N) is 2. The molecule has 0 aliphatic carbocycles. The topological polar surface area (TPSA) is 82.6 Å². The Morgan fingerprint density at radius 1 is 1.34 bits per heavy atom. The largest absolute Gasteiger partial charge is 0.493 e. The number of aromatic nitrogens is 2. The maximum Gasteiger partial charge on any atom is 0.250 e. The van der Waals surface area contributed by atoms with Gasteiger partial charge in [-0.15, -0.1) is 10.2 Å². The van der Waals surface area contributed by atoms with E-state index < -0.39 is 0 Å². The first-order chi connectivity index (χ1) is 14.2. The summed E-state index contributed by atoms with van der Waals surface area (Å²) in [6, 6.07) is 5.60. The fraction of sp³-hybridized carbons (Fsp3) is 0.476. The van der Waals surface area contributed by atoms with Gasteiger partial charge in [-0.05, 0) is 43.0 Å². The number of amides is 1. The molecular formula is C21H27N3O4S. The van der Waals surface area contributed by atoms with Crippen molar-refractivity contribution in [2.24, 2.45) is 0 Å². The van der Waals surface area contributed by atoms with E-state index in [0.717, 1.165) is 49.3 Å². The summed E-state index contributed by atoms with van der Waals surface area (Å²) in [5.74, 6) is 1.09. The quantitative estimate of drug-likeness (QED) is 0.449. The van der Waals surface area contributed by atoms with Crippen LogP contribution < -0.4 is 14.8 Å². The fourth-order valence-corrected chi connectivity index (χ4v) is 3.78. The van der Waals surface area contributed by atoms with E-state index in [-0.39, 0.29) is 12.0 Å². The van der Waals surface area contributed by atoms with E-state index in [9.17, 15) is 4.79 Å². The van der Waals surface area contributed by atoms with E-state index in [1.165, 1.54) is 17.4 Å². The molecule has 29 heavy (non-hydrogen) atoms. The normalized spacial score (nSPS) is 16.3. The van der Waals surface area contributed by atoms with E-state index in [1.54, 1.807) is 13.2 Å². The smallest absolute Gasteiger partial charge is 0.250 e. The molecule has 1 saturated heterocycles. The van der Waals surface area contributed by atoms with Crippen molar-refractivity contribution >= 4 is 28.5 Å². The number of carbonyl (C=O) groups excluding carboxylic acids is 1. The standard InChI is InChI=1S/C21H27N3O4S/c1-3-4-5-12-27-16-10-8-15(14-18(16)26-2)9-11-19(25)22-21-24-23-20(29-21)17-7-6-13-28-17/h8-11,14,17H,3-7,12-13H2,1-2H3,(H,22,24,25)/b11-9+. The molecule has 1 aliphatic heterocycles. The predicted octanol–water partition coefficient (Wildman–Crippen LogP) is 4.62. The maximum atomic E-state index is 12.2. The lowest BCUT2D eigenvalue weighted by molar-refractivity contribution is -0.111. The number of hydrogen-bond acceptors (Lipinski definition) is 7. The van der Waals surface area contributed by atoms with Crippen LogP contribution in [0.3, 0.4) is 0 Å². The summed E-state index contributed by atoms with van der Waals surface area (Å²) in [4.78, 5) is 12.2. The summed E-state index contributed by atoms with van der Waals surface area (Å²) < 4.78 is 16.8. The molecule has 1 amide bonds. The van der Waals surface area contributed by atoms with Crippen molar-refractivity contribution in [1.29, 1.82) is 0 Å². The zero-order chi connectivity index (χ0) is 20.5. The molecule has 1 aromatic heterocycles. The van der Waals surface area contributed by atoms with Crippen molar-refractivity contribution in [1.82, 2.24) is 10.2 Å². The van der Waals surface area contributed by atoms with Crippen LogP contribution in [0, 0.1) is 0 Å². The maximum absolute atomic E-state index is 12.2. The third-order valence-corrected chi connectivity index (χ3v) is 5.43. The molecule has 0 bridgehead atoms. The van der Waals surface area contributed by atoms with E-state index in [4.69, 9.17) is 14.2 Å². The highest BCUT2D eigenvalue weighted by Gasteiger charge is 2.22. The monoisotopic (exact) mass is 417 g/mol. The molecule has 1 aromatic carbocycles. The highest BCUT2D eigenvalue weighted by Crippen LogP contribution is 2.32. The summed E-state index contributed by atoms with van der Waals surface area (Å²) in [6.07, 6.45) is 8.47. The fourth-order valence-electron chi connectivity index (χ4n) is 2.95. The molecule has 7 nitrogen and oxygen atoms in total. The Hall–Kier alpha value is -2.45. The van der Waals surface area contributed by atoms with Gasteiger partial charge in [0.1, 0.15) is 11.1 Å². The van der Waals surface area contributed by atoms with Gasteiger partial charge in [-0.1, -0.05) is 37.2 Å². The lowest BCUT2D eigenvalue weighted by Crippen LogP contribution is -2.07. The minimum atomic E-state index is -0.265. The van der Waals surface area contributed by atoms with Crippen LogP contribution in [0.15, 0.2) is 24.3 Å². The lowest BCUT2D eigenvalue weighted by Gasteiger charge is -2.11. The Kier molecular flexibility index (Phi) is 8.01. The van der Waals surface area contributed by atoms with Crippen LogP contribution in [0.2, 0.25) is 0 Å². The second-order valence-corrected chi connectivity index (χ2v) is 7.74. The Labute approximate surface area is 175 Å². The van der Waals surface area contributed by atoms with Gasteiger partial charge in [0.05, 0.1) is 13.7 Å². The number of ether oxygens (including phenoxy) is 3. The van der Waals surface area contributed by atoms with Crippen LogP contribution >= 0.6 is 11.3 Å². The SMILES string of the molecule is CCCCCOc1ccc(/C=C/C(=O)Nc2nnc(C3CCCO3)s2)cc1OC. The summed E-state index contributed by atoms with van der Waals surface area (Å²) in [5.41, 5.74) is 0.843. The van der Waals surface area contributed by atoms with Gasteiger partial charge < -0.3 is 14.2 Å². The Morgan fingerprint density at radius 2 is 2.24 bits per heavy atom. The minimum Gasteiger partial charge on any atom is -0.493 e. The summed E-state index contributed by atoms with van der Waals surface area (Å²) in [7, 11) is 1.61. The molecule has 1 N–H and O–H groups in total. The molecule has 2 heterocycles. The number of nitrogens with one attached hydrogen (secondary N) is 1. The van der Waals surface area contributed by atoms with E-state index in [2.05, 4.69) is 22.4 Å². The number of benzene rings is 1. The first-order valence-electron chi connectivity index (χ1n) is 9.94. The number of anilines is 1. The van der Waals surface area contributed by atoms with Gasteiger partial charge in [0.25, 0.3) is 0 Å². The zero-order valence-electron chi connectivity index (χ0n) is 16.8. The summed E-state index contributed by atoms with van der Waals surface area (Å²) in [5, 5.41) is 12.2. The minimum absolute atomic E-state index is 0.00358. The second kappa shape index (κ2) is 10.9. The second-order valence-electron chi connectivity index (χ2n) is 6.74. The highest BCUT2D eigenvalue weighted by molar-refractivity contribution is 7.15. The van der Waals surface area contributed by atoms with Crippen molar-refractivity contribution in [3.05, 3.63) is 34.8 Å². The average molecular weight is 418 g/mol. The number of carbonyl (C=O) groups is 1. The van der Waals surface area contributed by atoms with Gasteiger partial charge in [-0.2, -0.15) is 0 Å². The lowest BCUT2D eigenvalue weighted by atomic mass is 10.2. The van der Waals surface area contributed by atoms with Crippen molar-refractivity contribution < 1.29 is 19.0 Å². The zero-order valence-corrected chi connectivity index (χ0v) is 17.7. The predicted molar refractivity (Wildman–Crippen MR) is 114 cm³/mol. The van der Waals surface area contributed by atoms with Crippen LogP contribution in [0.4, 0.5) is 5.13 Å². The van der Waals surface area contributed by atoms with Gasteiger partial charge in [-0.25, -0.2) is 0 Å². The van der Waals surface area contributed by atoms with Crippen molar-refractivity contribution in [3.63, 3.8) is 0 Å². The van der Waals surface area contributed by atoms with E-state index in [0.29, 0.717) is 23.2 Å². The Bertz CT molecular complexity index is 831. The Balaban J connectivity index is 1.55. The summed E-state index contributed by atoms with van der Waals surface area (Å²) in [6.45, 7) is 3.57. The number of hydrogen-bond donors (Lipinski definition) is 1. The summed E-state index contributed by atoms with van der Waals surface area (Å²) >= 11 is 1.35. The van der Waals surface area contributed by atoms with Gasteiger partial charge in [0, 0.05) is 12.7 Å². The van der Waals surface area contributed by atoms with Crippen LogP contribution in [-0.4, -0.2) is 36.4 Å². The number of unbranched alkanes of at least 4 members (excludes halogenated alkanes) is 2. The molecule has 0 saturated carbocycles. The first-order valence-corrected chi connectivity index (χ1v) is 10.8. The third-order valence-electron chi connectivity index (χ3n) is 4.50. The van der Waals surface area contributed by atoms with E-state index in [1.807, 2.05) is 18.2 Å². The highest BCUT2D eigenvalue weighted by atomic mass is 32.1. The molecule has 156 valence electrons. The Morgan fingerprint density at radius 3 is 3.00 bits per heavy atom. The number of rotatable bonds is 10.